The number of aromatic nitrogens is 2. The van der Waals surface area contributed by atoms with Gasteiger partial charge in [-0.15, -0.1) is 0 Å². The summed E-state index contributed by atoms with van der Waals surface area (Å²) >= 11 is 0. The Morgan fingerprint density at radius 3 is 2.84 bits per heavy atom. The van der Waals surface area contributed by atoms with Crippen molar-refractivity contribution in [1.29, 1.82) is 0 Å². The van der Waals surface area contributed by atoms with Crippen molar-refractivity contribution in [1.82, 2.24) is 9.47 Å². The summed E-state index contributed by atoms with van der Waals surface area (Å²) in [5.74, 6) is 0. The topological polar surface area (TPSA) is 28.7 Å². The van der Waals surface area contributed by atoms with E-state index in [1.807, 2.05) is 7.05 Å². The van der Waals surface area contributed by atoms with Crippen LogP contribution in [-0.4, -0.2) is 29.6 Å². The molecule has 0 unspecified atom stereocenters. The first kappa shape index (κ1) is 15.8. The molecule has 19 heavy (non-hydrogen) atoms. The van der Waals surface area contributed by atoms with Gasteiger partial charge >= 0.3 is 0 Å². The number of aryl methyl sites for hydroxylation is 1. The van der Waals surface area contributed by atoms with E-state index in [0.717, 1.165) is 13.1 Å². The number of nitrogens with zero attached hydrogens (tertiary/aromatic N) is 3. The van der Waals surface area contributed by atoms with Gasteiger partial charge in [0.2, 0.25) is 6.33 Å². The third-order valence-corrected chi connectivity index (χ3v) is 3.24. The Hall–Kier alpha value is -1.29. The lowest BCUT2D eigenvalue weighted by Gasteiger charge is -2.10. The van der Waals surface area contributed by atoms with Crippen molar-refractivity contribution in [3.05, 3.63) is 31.1 Å². The monoisotopic (exact) mass is 266 g/mol. The fourth-order valence-corrected chi connectivity index (χ4v) is 1.97. The molecule has 0 radical (unpaired) electrons. The SMILES string of the molecule is CCCCCC[NH2+]/C=C\N(C)CCn1cc[n+](C)c1. The summed E-state index contributed by atoms with van der Waals surface area (Å²) in [4.78, 5) is 2.24. The molecule has 0 saturated carbocycles. The van der Waals surface area contributed by atoms with Crippen LogP contribution >= 0.6 is 0 Å². The molecular weight excluding hydrogens is 236 g/mol. The molecule has 1 rings (SSSR count). The normalized spacial score (nSPS) is 11.3. The van der Waals surface area contributed by atoms with Gasteiger partial charge in [0.1, 0.15) is 25.1 Å². The van der Waals surface area contributed by atoms with E-state index >= 15 is 0 Å². The van der Waals surface area contributed by atoms with Crippen LogP contribution in [0.3, 0.4) is 0 Å². The Morgan fingerprint density at radius 1 is 1.32 bits per heavy atom. The third-order valence-electron chi connectivity index (χ3n) is 3.24. The number of imidazole rings is 1. The van der Waals surface area contributed by atoms with Crippen molar-refractivity contribution in [3.8, 4) is 0 Å². The summed E-state index contributed by atoms with van der Waals surface area (Å²) in [5.41, 5.74) is 0. The minimum absolute atomic E-state index is 1.03. The van der Waals surface area contributed by atoms with Crippen LogP contribution in [-0.2, 0) is 13.6 Å². The van der Waals surface area contributed by atoms with Gasteiger partial charge in [-0.3, -0.25) is 0 Å². The van der Waals surface area contributed by atoms with E-state index in [-0.39, 0.29) is 0 Å². The maximum absolute atomic E-state index is 2.28. The molecule has 0 saturated heterocycles. The van der Waals surface area contributed by atoms with Crippen molar-refractivity contribution in [3.63, 3.8) is 0 Å². The van der Waals surface area contributed by atoms with E-state index in [9.17, 15) is 0 Å². The molecule has 2 N–H and O–H groups in total. The molecule has 0 amide bonds. The van der Waals surface area contributed by atoms with Crippen LogP contribution in [0.15, 0.2) is 31.1 Å². The number of nitrogens with two attached hydrogens (primary N) is 1. The van der Waals surface area contributed by atoms with E-state index in [1.165, 1.54) is 32.2 Å². The molecule has 0 fully saturated rings. The first-order valence-electron chi connectivity index (χ1n) is 7.43. The van der Waals surface area contributed by atoms with Gasteiger partial charge in [0.05, 0.1) is 26.3 Å². The number of hydrogen-bond acceptors (Lipinski definition) is 1. The van der Waals surface area contributed by atoms with Crippen LogP contribution in [0.1, 0.15) is 32.6 Å². The van der Waals surface area contributed by atoms with Crippen molar-refractivity contribution >= 4 is 0 Å². The summed E-state index contributed by atoms with van der Waals surface area (Å²) in [7, 11) is 4.18. The summed E-state index contributed by atoms with van der Waals surface area (Å²) in [5, 5.41) is 2.28. The number of likely N-dealkylation sites (N-methyl/N-ethyl adjacent to an activating group) is 1. The lowest BCUT2D eigenvalue weighted by Crippen LogP contribution is -2.78. The summed E-state index contributed by atoms with van der Waals surface area (Å²) < 4.78 is 4.28. The van der Waals surface area contributed by atoms with Crippen molar-refractivity contribution < 1.29 is 9.88 Å². The average molecular weight is 266 g/mol. The lowest BCUT2D eigenvalue weighted by molar-refractivity contribution is -0.671. The largest absolute Gasteiger partial charge is 0.372 e. The smallest absolute Gasteiger partial charge is 0.243 e. The molecule has 1 heterocycles. The summed E-state index contributed by atoms with van der Waals surface area (Å²) in [6.45, 7) is 5.52. The fourth-order valence-electron chi connectivity index (χ4n) is 1.97. The molecule has 0 bridgehead atoms. The Morgan fingerprint density at radius 2 is 2.16 bits per heavy atom. The second-order valence-electron chi connectivity index (χ2n) is 5.22. The van der Waals surface area contributed by atoms with Gasteiger partial charge in [0, 0.05) is 7.05 Å². The second-order valence-corrected chi connectivity index (χ2v) is 5.22. The van der Waals surface area contributed by atoms with Gasteiger partial charge in [0.25, 0.3) is 0 Å². The van der Waals surface area contributed by atoms with Crippen LogP contribution < -0.4 is 9.88 Å². The first-order chi connectivity index (χ1) is 9.22. The van der Waals surface area contributed by atoms with Gasteiger partial charge in [-0.05, 0) is 12.8 Å². The Bertz CT molecular complexity index is 357. The highest BCUT2D eigenvalue weighted by atomic mass is 15.1. The number of quaternary nitrogens is 1. The Kier molecular flexibility index (Phi) is 7.98. The van der Waals surface area contributed by atoms with Crippen LogP contribution in [0.5, 0.6) is 0 Å². The molecule has 4 nitrogen and oxygen atoms in total. The molecule has 108 valence electrons. The van der Waals surface area contributed by atoms with Gasteiger partial charge in [-0.1, -0.05) is 19.8 Å². The highest BCUT2D eigenvalue weighted by Gasteiger charge is 2.00. The number of rotatable bonds is 10. The molecule has 0 atom stereocenters. The number of hydrogen-bond donors (Lipinski definition) is 1. The van der Waals surface area contributed by atoms with Gasteiger partial charge < -0.3 is 10.2 Å². The second kappa shape index (κ2) is 9.62. The molecule has 4 heteroatoms. The van der Waals surface area contributed by atoms with Gasteiger partial charge in [0.15, 0.2) is 0 Å². The minimum atomic E-state index is 1.03. The predicted molar refractivity (Wildman–Crippen MR) is 78.3 cm³/mol. The van der Waals surface area contributed by atoms with Crippen molar-refractivity contribution in [2.45, 2.75) is 39.2 Å². The lowest BCUT2D eigenvalue weighted by atomic mass is 10.2. The van der Waals surface area contributed by atoms with Crippen LogP contribution in [0.25, 0.3) is 0 Å². The average Bonchev–Trinajstić information content (AvgIpc) is 2.81. The highest BCUT2D eigenvalue weighted by Crippen LogP contribution is 1.95. The maximum Gasteiger partial charge on any atom is 0.243 e. The zero-order chi connectivity index (χ0) is 13.9. The third kappa shape index (κ3) is 7.67. The molecule has 0 aromatic carbocycles. The van der Waals surface area contributed by atoms with Crippen molar-refractivity contribution in [2.24, 2.45) is 7.05 Å². The summed E-state index contributed by atoms with van der Waals surface area (Å²) in [6, 6.07) is 0. The quantitative estimate of drug-likeness (QED) is 0.494. The van der Waals surface area contributed by atoms with Crippen LogP contribution in [0.2, 0.25) is 0 Å². The molecule has 1 aromatic rings. The van der Waals surface area contributed by atoms with Gasteiger partial charge in [-0.25, -0.2) is 9.13 Å². The molecule has 0 spiro atoms. The Balaban J connectivity index is 2.05. The van der Waals surface area contributed by atoms with E-state index in [1.54, 1.807) is 0 Å². The zero-order valence-corrected chi connectivity index (χ0v) is 12.8. The Labute approximate surface area is 117 Å². The standard InChI is InChI=1S/C15H29N4/c1-4-5-6-7-8-16-9-10-17(2)11-13-19-14-12-18(3)15-19/h9-10,12,14-16H,4-8,11,13H2,1-3H3/q+1/p+1/b10-9-. The van der Waals surface area contributed by atoms with E-state index in [2.05, 4.69) is 64.4 Å². The maximum atomic E-state index is 2.28. The van der Waals surface area contributed by atoms with Crippen LogP contribution in [0, 0.1) is 0 Å². The minimum Gasteiger partial charge on any atom is -0.372 e. The molecule has 0 aliphatic heterocycles. The highest BCUT2D eigenvalue weighted by molar-refractivity contribution is 4.72. The van der Waals surface area contributed by atoms with E-state index in [0.29, 0.717) is 0 Å². The fraction of sp³-hybridized carbons (Fsp3) is 0.667. The number of unbranched alkanes of at least 4 members (excludes halogenated alkanes) is 3. The molecule has 0 aliphatic carbocycles. The summed E-state index contributed by atoms with van der Waals surface area (Å²) in [6.07, 6.45) is 16.0. The van der Waals surface area contributed by atoms with Crippen LogP contribution in [0.4, 0.5) is 0 Å². The van der Waals surface area contributed by atoms with E-state index in [4.69, 9.17) is 0 Å². The van der Waals surface area contributed by atoms with Gasteiger partial charge in [-0.2, -0.15) is 0 Å². The molecule has 1 aromatic heterocycles. The zero-order valence-electron chi connectivity index (χ0n) is 12.8. The molecular formula is C15H30N4+2. The predicted octanol–water partition coefficient (Wildman–Crippen LogP) is 0.859. The van der Waals surface area contributed by atoms with E-state index < -0.39 is 0 Å². The molecule has 0 aliphatic rings. The first-order valence-corrected chi connectivity index (χ1v) is 7.43. The van der Waals surface area contributed by atoms with Crippen molar-refractivity contribution in [2.75, 3.05) is 20.1 Å².